The fourth-order valence-corrected chi connectivity index (χ4v) is 3.55. The lowest BCUT2D eigenvalue weighted by Gasteiger charge is -2.15. The number of halogens is 2. The highest BCUT2D eigenvalue weighted by Crippen LogP contribution is 2.36. The van der Waals surface area contributed by atoms with Gasteiger partial charge in [-0.05, 0) is 42.8 Å². The average molecular weight is 350 g/mol. The molecule has 3 nitrogen and oxygen atoms in total. The standard InChI is InChI=1S/C12H14BrClN2OS/c1-6(2)16-11(9(14)5-15-16)12(17)10-4-8(13)7(3)18-10/h4-6,12,17H,1-3H3. The predicted octanol–water partition coefficient (Wildman–Crippen LogP) is 4.33. The Labute approximate surface area is 124 Å². The molecular weight excluding hydrogens is 336 g/mol. The van der Waals surface area contributed by atoms with Crippen molar-refractivity contribution in [2.45, 2.75) is 32.9 Å². The van der Waals surface area contributed by atoms with E-state index in [9.17, 15) is 5.11 Å². The second kappa shape index (κ2) is 5.33. The first-order chi connectivity index (χ1) is 8.41. The molecule has 0 aromatic carbocycles. The molecule has 0 spiro atoms. The first-order valence-corrected chi connectivity index (χ1v) is 7.57. The molecule has 0 aliphatic carbocycles. The maximum Gasteiger partial charge on any atom is 0.131 e. The number of hydrogen-bond acceptors (Lipinski definition) is 3. The van der Waals surface area contributed by atoms with Crippen LogP contribution in [0.5, 0.6) is 0 Å². The first kappa shape index (κ1) is 14.1. The van der Waals surface area contributed by atoms with E-state index < -0.39 is 6.10 Å². The SMILES string of the molecule is Cc1sc(C(O)c2c(Cl)cnn2C(C)C)cc1Br. The Morgan fingerprint density at radius 2 is 2.17 bits per heavy atom. The molecule has 6 heteroatoms. The lowest BCUT2D eigenvalue weighted by atomic mass is 10.2. The maximum absolute atomic E-state index is 10.5. The minimum atomic E-state index is -0.739. The van der Waals surface area contributed by atoms with Crippen LogP contribution in [-0.4, -0.2) is 14.9 Å². The van der Waals surface area contributed by atoms with E-state index in [-0.39, 0.29) is 6.04 Å². The summed E-state index contributed by atoms with van der Waals surface area (Å²) in [5.74, 6) is 0. The smallest absolute Gasteiger partial charge is 0.131 e. The van der Waals surface area contributed by atoms with Gasteiger partial charge in [0.25, 0.3) is 0 Å². The number of thiophene rings is 1. The van der Waals surface area contributed by atoms with Gasteiger partial charge in [-0.1, -0.05) is 11.6 Å². The molecule has 0 radical (unpaired) electrons. The predicted molar refractivity (Wildman–Crippen MR) is 78.4 cm³/mol. The van der Waals surface area contributed by atoms with Crippen LogP contribution in [0.4, 0.5) is 0 Å². The topological polar surface area (TPSA) is 38.1 Å². The number of aryl methyl sites for hydroxylation is 1. The third-order valence-corrected chi connectivity index (χ3v) is 5.16. The van der Waals surface area contributed by atoms with Gasteiger partial charge in [0.2, 0.25) is 0 Å². The molecular formula is C12H14BrClN2OS. The van der Waals surface area contributed by atoms with Crippen LogP contribution in [0.15, 0.2) is 16.7 Å². The fraction of sp³-hybridized carbons (Fsp3) is 0.417. The van der Waals surface area contributed by atoms with Crippen LogP contribution in [-0.2, 0) is 0 Å². The van der Waals surface area contributed by atoms with Gasteiger partial charge in [-0.3, -0.25) is 4.68 Å². The van der Waals surface area contributed by atoms with Gasteiger partial charge in [-0.2, -0.15) is 5.10 Å². The molecule has 2 aromatic heterocycles. The molecule has 98 valence electrons. The van der Waals surface area contributed by atoms with E-state index in [0.717, 1.165) is 14.2 Å². The number of aliphatic hydroxyl groups is 1. The van der Waals surface area contributed by atoms with Crippen molar-refractivity contribution in [3.8, 4) is 0 Å². The molecule has 0 amide bonds. The Morgan fingerprint density at radius 1 is 1.50 bits per heavy atom. The molecule has 1 N–H and O–H groups in total. The van der Waals surface area contributed by atoms with Crippen LogP contribution in [0.3, 0.4) is 0 Å². The quantitative estimate of drug-likeness (QED) is 0.895. The second-order valence-corrected chi connectivity index (χ2v) is 6.92. The summed E-state index contributed by atoms with van der Waals surface area (Å²) >= 11 is 11.1. The highest BCUT2D eigenvalue weighted by Gasteiger charge is 2.23. The van der Waals surface area contributed by atoms with Gasteiger partial charge in [0, 0.05) is 20.3 Å². The van der Waals surface area contributed by atoms with Crippen molar-refractivity contribution in [3.05, 3.63) is 37.2 Å². The molecule has 1 unspecified atom stereocenters. The van der Waals surface area contributed by atoms with Gasteiger partial charge in [0.1, 0.15) is 6.10 Å². The number of aromatic nitrogens is 2. The van der Waals surface area contributed by atoms with Crippen molar-refractivity contribution in [1.82, 2.24) is 9.78 Å². The van der Waals surface area contributed by atoms with Crippen LogP contribution in [0.1, 0.15) is 41.4 Å². The van der Waals surface area contributed by atoms with E-state index >= 15 is 0 Å². The fourth-order valence-electron chi connectivity index (χ4n) is 1.77. The number of aliphatic hydroxyl groups excluding tert-OH is 1. The molecule has 2 rings (SSSR count). The molecule has 0 saturated heterocycles. The third kappa shape index (κ3) is 2.50. The molecule has 0 saturated carbocycles. The summed E-state index contributed by atoms with van der Waals surface area (Å²) < 4.78 is 2.77. The lowest BCUT2D eigenvalue weighted by molar-refractivity contribution is 0.209. The first-order valence-electron chi connectivity index (χ1n) is 5.58. The van der Waals surface area contributed by atoms with Crippen LogP contribution in [0, 0.1) is 6.92 Å². The maximum atomic E-state index is 10.5. The van der Waals surface area contributed by atoms with Crippen molar-refractivity contribution < 1.29 is 5.11 Å². The van der Waals surface area contributed by atoms with Gasteiger partial charge >= 0.3 is 0 Å². The molecule has 0 aliphatic rings. The van der Waals surface area contributed by atoms with Gasteiger partial charge in [-0.15, -0.1) is 11.3 Å². The summed E-state index contributed by atoms with van der Waals surface area (Å²) in [5.41, 5.74) is 0.653. The molecule has 2 heterocycles. The Balaban J connectivity index is 2.45. The van der Waals surface area contributed by atoms with E-state index in [4.69, 9.17) is 11.6 Å². The summed E-state index contributed by atoms with van der Waals surface area (Å²) in [7, 11) is 0. The molecule has 0 fully saturated rings. The van der Waals surface area contributed by atoms with E-state index in [1.54, 1.807) is 22.2 Å². The second-order valence-electron chi connectivity index (χ2n) is 4.37. The Morgan fingerprint density at radius 3 is 2.67 bits per heavy atom. The molecule has 0 aliphatic heterocycles. The number of rotatable bonds is 3. The van der Waals surface area contributed by atoms with Crippen LogP contribution >= 0.6 is 38.9 Å². The van der Waals surface area contributed by atoms with E-state index in [2.05, 4.69) is 21.0 Å². The van der Waals surface area contributed by atoms with Crippen LogP contribution in [0.25, 0.3) is 0 Å². The van der Waals surface area contributed by atoms with Crippen molar-refractivity contribution in [3.63, 3.8) is 0 Å². The summed E-state index contributed by atoms with van der Waals surface area (Å²) in [6.07, 6.45) is 0.840. The minimum absolute atomic E-state index is 0.159. The Hall–Kier alpha value is -0.360. The largest absolute Gasteiger partial charge is 0.381 e. The van der Waals surface area contributed by atoms with Crippen molar-refractivity contribution in [1.29, 1.82) is 0 Å². The molecule has 18 heavy (non-hydrogen) atoms. The summed E-state index contributed by atoms with van der Waals surface area (Å²) in [4.78, 5) is 2.00. The number of nitrogens with zero attached hydrogens (tertiary/aromatic N) is 2. The molecule has 0 bridgehead atoms. The zero-order valence-corrected chi connectivity index (χ0v) is 13.5. The van der Waals surface area contributed by atoms with E-state index in [1.807, 2.05) is 26.8 Å². The summed E-state index contributed by atoms with van der Waals surface area (Å²) in [5, 5.41) is 15.2. The van der Waals surface area contributed by atoms with Gasteiger partial charge in [0.05, 0.1) is 16.9 Å². The Bertz CT molecular complexity index is 545. The zero-order valence-electron chi connectivity index (χ0n) is 10.3. The Kier molecular flexibility index (Phi) is 4.16. The normalized spacial score (nSPS) is 13.3. The summed E-state index contributed by atoms with van der Waals surface area (Å²) in [6.45, 7) is 6.02. The minimum Gasteiger partial charge on any atom is -0.381 e. The summed E-state index contributed by atoms with van der Waals surface area (Å²) in [6, 6.07) is 2.09. The van der Waals surface area contributed by atoms with Gasteiger partial charge in [-0.25, -0.2) is 0 Å². The van der Waals surface area contributed by atoms with Crippen LogP contribution in [0.2, 0.25) is 5.02 Å². The average Bonchev–Trinajstić information content (AvgIpc) is 2.83. The van der Waals surface area contributed by atoms with Crippen molar-refractivity contribution in [2.75, 3.05) is 0 Å². The van der Waals surface area contributed by atoms with Crippen molar-refractivity contribution in [2.24, 2.45) is 0 Å². The lowest BCUT2D eigenvalue weighted by Crippen LogP contribution is -2.11. The van der Waals surface area contributed by atoms with Crippen molar-refractivity contribution >= 4 is 38.9 Å². The van der Waals surface area contributed by atoms with Gasteiger partial charge in [0.15, 0.2) is 0 Å². The zero-order chi connectivity index (χ0) is 13.4. The third-order valence-electron chi connectivity index (χ3n) is 2.68. The monoisotopic (exact) mass is 348 g/mol. The molecule has 2 aromatic rings. The highest BCUT2D eigenvalue weighted by molar-refractivity contribution is 9.10. The highest BCUT2D eigenvalue weighted by atomic mass is 79.9. The van der Waals surface area contributed by atoms with Gasteiger partial charge < -0.3 is 5.11 Å². The molecule has 1 atom stereocenters. The van der Waals surface area contributed by atoms with E-state index in [0.29, 0.717) is 10.7 Å². The van der Waals surface area contributed by atoms with Crippen LogP contribution < -0.4 is 0 Å². The number of hydrogen-bond donors (Lipinski definition) is 1. The van der Waals surface area contributed by atoms with E-state index in [1.165, 1.54) is 0 Å².